The van der Waals surface area contributed by atoms with Gasteiger partial charge in [0, 0.05) is 16.7 Å². The van der Waals surface area contributed by atoms with Crippen LogP contribution in [0.5, 0.6) is 0 Å². The third kappa shape index (κ3) is 10.1. The number of nitrogens with zero attached hydrogens (tertiary/aromatic N) is 2. The molecule has 0 amide bonds. The molecule has 0 bridgehead atoms. The molecule has 0 unspecified atom stereocenters. The first-order valence-corrected chi connectivity index (χ1v) is 18.4. The van der Waals surface area contributed by atoms with E-state index in [2.05, 4.69) is 90.1 Å². The summed E-state index contributed by atoms with van der Waals surface area (Å²) in [6, 6.07) is 14.3. The highest BCUT2D eigenvalue weighted by molar-refractivity contribution is 5.84. The summed E-state index contributed by atoms with van der Waals surface area (Å²) in [5.41, 5.74) is 24.8. The molecule has 240 valence electrons. The SMILES string of the molecule is CCC=CC1=C(c2cc(CCCC)cc(CCCC)c2)[N+](=[N-])C(c2cc(CCCC)cc(CCCC)c2)=C1CCCCCC. The third-order valence-corrected chi connectivity index (χ3v) is 9.02. The van der Waals surface area contributed by atoms with Crippen LogP contribution in [0.1, 0.15) is 165 Å². The van der Waals surface area contributed by atoms with E-state index < -0.39 is 0 Å². The topological polar surface area (TPSA) is 25.3 Å². The summed E-state index contributed by atoms with van der Waals surface area (Å²) in [6.07, 6.45) is 25.3. The minimum Gasteiger partial charge on any atom is -0.493 e. The molecule has 2 nitrogen and oxygen atoms in total. The van der Waals surface area contributed by atoms with Gasteiger partial charge in [-0.2, -0.15) is 0 Å². The summed E-state index contributed by atoms with van der Waals surface area (Å²) >= 11 is 0. The Morgan fingerprint density at radius 3 is 1.34 bits per heavy atom. The van der Waals surface area contributed by atoms with E-state index in [1.54, 1.807) is 4.70 Å². The van der Waals surface area contributed by atoms with Crippen molar-refractivity contribution in [1.82, 2.24) is 0 Å². The van der Waals surface area contributed by atoms with Crippen molar-refractivity contribution in [3.63, 3.8) is 0 Å². The lowest BCUT2D eigenvalue weighted by Gasteiger charge is -2.14. The Balaban J connectivity index is 2.24. The highest BCUT2D eigenvalue weighted by atomic mass is 15.2. The van der Waals surface area contributed by atoms with Crippen LogP contribution in [-0.2, 0) is 25.7 Å². The molecular weight excluding hydrogens is 532 g/mol. The van der Waals surface area contributed by atoms with Crippen molar-refractivity contribution in [2.45, 2.75) is 157 Å². The maximum absolute atomic E-state index is 12.4. The van der Waals surface area contributed by atoms with Gasteiger partial charge in [-0.05, 0) is 117 Å². The molecule has 0 aliphatic carbocycles. The third-order valence-electron chi connectivity index (χ3n) is 9.02. The normalized spacial score (nSPS) is 13.7. The predicted molar refractivity (Wildman–Crippen MR) is 193 cm³/mol. The fourth-order valence-electron chi connectivity index (χ4n) is 6.49. The van der Waals surface area contributed by atoms with Gasteiger partial charge < -0.3 is 5.53 Å². The van der Waals surface area contributed by atoms with Crippen molar-refractivity contribution in [2.24, 2.45) is 0 Å². The largest absolute Gasteiger partial charge is 0.493 e. The standard InChI is InChI=1S/C42H62N2/c1-7-13-19-20-26-40-39(25-18-12-6)41(37-29-33(21-14-8-2)27-34(30-37)22-15-9-3)44(43)42(40)38-31-35(23-16-10-4)28-36(32-38)24-17-11-5/h18,25,27-32H,7-17,19-24,26H2,1-6H3. The molecule has 3 rings (SSSR count). The molecule has 0 aromatic heterocycles. The first-order chi connectivity index (χ1) is 21.5. The monoisotopic (exact) mass is 594 g/mol. The zero-order valence-corrected chi connectivity index (χ0v) is 29.2. The predicted octanol–water partition coefficient (Wildman–Crippen LogP) is 13.2. The molecule has 0 spiro atoms. The zero-order valence-electron chi connectivity index (χ0n) is 29.2. The second kappa shape index (κ2) is 19.6. The summed E-state index contributed by atoms with van der Waals surface area (Å²) in [5, 5.41) is 0. The molecule has 1 aliphatic rings. The molecule has 2 heteroatoms. The van der Waals surface area contributed by atoms with Crippen molar-refractivity contribution >= 4 is 11.4 Å². The highest BCUT2D eigenvalue weighted by Gasteiger charge is 2.35. The number of allylic oxidation sites excluding steroid dienone is 4. The van der Waals surface area contributed by atoms with E-state index in [1.165, 1.54) is 110 Å². The Morgan fingerprint density at radius 1 is 0.500 bits per heavy atom. The lowest BCUT2D eigenvalue weighted by molar-refractivity contribution is -0.345. The van der Waals surface area contributed by atoms with E-state index in [0.717, 1.165) is 61.9 Å². The van der Waals surface area contributed by atoms with Crippen LogP contribution in [0.15, 0.2) is 59.7 Å². The molecule has 2 aromatic rings. The number of rotatable bonds is 21. The Kier molecular flexibility index (Phi) is 15.9. The number of unbranched alkanes of at least 4 members (excludes halogenated alkanes) is 7. The molecule has 0 fully saturated rings. The van der Waals surface area contributed by atoms with Gasteiger partial charge in [0.05, 0.1) is 5.57 Å². The Bertz CT molecular complexity index is 1240. The molecule has 0 radical (unpaired) electrons. The van der Waals surface area contributed by atoms with Gasteiger partial charge in [0.25, 0.3) is 0 Å². The fraction of sp³-hybridized carbons (Fsp3) is 0.571. The summed E-state index contributed by atoms with van der Waals surface area (Å²) < 4.78 is 1.59. The Hall–Kier alpha value is -2.74. The van der Waals surface area contributed by atoms with Gasteiger partial charge in [-0.15, -0.1) is 0 Å². The lowest BCUT2D eigenvalue weighted by atomic mass is 9.91. The van der Waals surface area contributed by atoms with E-state index >= 15 is 0 Å². The number of hydrogen-bond donors (Lipinski definition) is 0. The van der Waals surface area contributed by atoms with Crippen molar-refractivity contribution in [3.8, 4) is 0 Å². The average molecular weight is 595 g/mol. The van der Waals surface area contributed by atoms with Crippen LogP contribution in [0.2, 0.25) is 0 Å². The number of hydrogen-bond acceptors (Lipinski definition) is 0. The first kappa shape index (κ1) is 35.7. The molecule has 0 N–H and O–H groups in total. The number of benzene rings is 2. The van der Waals surface area contributed by atoms with E-state index in [4.69, 9.17) is 0 Å². The minimum absolute atomic E-state index is 0.973. The number of aryl methyl sites for hydroxylation is 4. The summed E-state index contributed by atoms with van der Waals surface area (Å²) in [4.78, 5) is 0. The molecule has 0 saturated heterocycles. The minimum atomic E-state index is 0.973. The molecule has 0 saturated carbocycles. The second-order valence-corrected chi connectivity index (χ2v) is 13.0. The quantitative estimate of drug-likeness (QED) is 0.101. The van der Waals surface area contributed by atoms with Crippen LogP contribution in [0.4, 0.5) is 0 Å². The van der Waals surface area contributed by atoms with E-state index in [0.29, 0.717) is 0 Å². The molecule has 1 heterocycles. The van der Waals surface area contributed by atoms with Crippen molar-refractivity contribution < 1.29 is 4.70 Å². The smallest absolute Gasteiger partial charge is 0.215 e. The lowest BCUT2D eigenvalue weighted by Crippen LogP contribution is -2.05. The van der Waals surface area contributed by atoms with Crippen LogP contribution >= 0.6 is 0 Å². The van der Waals surface area contributed by atoms with Gasteiger partial charge in [-0.3, -0.25) is 0 Å². The highest BCUT2D eigenvalue weighted by Crippen LogP contribution is 2.44. The van der Waals surface area contributed by atoms with Gasteiger partial charge in [0.1, 0.15) is 0 Å². The van der Waals surface area contributed by atoms with Crippen LogP contribution in [0.3, 0.4) is 0 Å². The van der Waals surface area contributed by atoms with Crippen LogP contribution in [0, 0.1) is 0 Å². The second-order valence-electron chi connectivity index (χ2n) is 13.0. The van der Waals surface area contributed by atoms with Crippen LogP contribution in [-0.4, -0.2) is 4.70 Å². The van der Waals surface area contributed by atoms with Gasteiger partial charge in [-0.1, -0.05) is 111 Å². The van der Waals surface area contributed by atoms with Crippen LogP contribution in [0.25, 0.3) is 16.9 Å². The molecule has 44 heavy (non-hydrogen) atoms. The van der Waals surface area contributed by atoms with E-state index in [1.807, 2.05) is 0 Å². The van der Waals surface area contributed by atoms with Crippen molar-refractivity contribution in [1.29, 1.82) is 0 Å². The Labute approximate surface area is 271 Å². The van der Waals surface area contributed by atoms with E-state index in [-0.39, 0.29) is 0 Å². The first-order valence-electron chi connectivity index (χ1n) is 18.4. The molecular formula is C42H62N2. The van der Waals surface area contributed by atoms with Gasteiger partial charge in [-0.25, -0.2) is 4.70 Å². The molecule has 0 atom stereocenters. The van der Waals surface area contributed by atoms with Crippen molar-refractivity contribution in [2.75, 3.05) is 0 Å². The van der Waals surface area contributed by atoms with Crippen LogP contribution < -0.4 is 0 Å². The summed E-state index contributed by atoms with van der Waals surface area (Å²) in [7, 11) is 0. The fourth-order valence-corrected chi connectivity index (χ4v) is 6.49. The average Bonchev–Trinajstić information content (AvgIpc) is 3.31. The maximum Gasteiger partial charge on any atom is 0.215 e. The summed E-state index contributed by atoms with van der Waals surface area (Å²) in [5.74, 6) is 0. The molecule has 2 aromatic carbocycles. The Morgan fingerprint density at radius 2 is 0.932 bits per heavy atom. The summed E-state index contributed by atoms with van der Waals surface area (Å²) in [6.45, 7) is 13.6. The van der Waals surface area contributed by atoms with Gasteiger partial charge in [0.15, 0.2) is 0 Å². The van der Waals surface area contributed by atoms with E-state index in [9.17, 15) is 5.53 Å². The van der Waals surface area contributed by atoms with Gasteiger partial charge in [0.2, 0.25) is 11.4 Å². The zero-order chi connectivity index (χ0) is 31.7. The van der Waals surface area contributed by atoms with Crippen molar-refractivity contribution in [3.05, 3.63) is 98.6 Å². The molecule has 1 aliphatic heterocycles. The maximum atomic E-state index is 12.4. The van der Waals surface area contributed by atoms with Gasteiger partial charge >= 0.3 is 0 Å².